The molecule has 0 aliphatic heterocycles. The summed E-state index contributed by atoms with van der Waals surface area (Å²) < 4.78 is 87.7. The molecule has 5 aromatic rings. The third-order valence-corrected chi connectivity index (χ3v) is 9.50. The molecule has 0 saturated carbocycles. The molecule has 0 unspecified atom stereocenters. The predicted octanol–water partition coefficient (Wildman–Crippen LogP) is 3.21. The average molecular weight is 602 g/mol. The van der Waals surface area contributed by atoms with E-state index in [-0.39, 0.29) is 45.8 Å². The number of hydrogen-bond donors (Lipinski definition) is 0. The van der Waals surface area contributed by atoms with Gasteiger partial charge in [0.2, 0.25) is 4.87 Å². The fourth-order valence-corrected chi connectivity index (χ4v) is 7.32. The Kier molecular flexibility index (Phi) is 8.41. The van der Waals surface area contributed by atoms with Crippen LogP contribution in [0, 0.1) is 12.7 Å². The first-order valence-corrected chi connectivity index (χ1v) is 14.0. The van der Waals surface area contributed by atoms with Crippen molar-refractivity contribution in [2.45, 2.75) is 24.5 Å². The Bertz CT molecular complexity index is 1810. The molecule has 0 aliphatic carbocycles. The number of benzene rings is 3. The molecular formula is C25H16F4N3NaO3S3. The van der Waals surface area contributed by atoms with Crippen LogP contribution in [0.2, 0.25) is 0 Å². The SMILES string of the molecule is Cc1c(N(Cc2ccc(F)c(C(F)(F)F)c2)S(=O)(=O)c2ccc(-c3nsc(=O)[n-]3)cc2)sc2ccccc12.[Na+]. The van der Waals surface area contributed by atoms with E-state index in [1.165, 1.54) is 35.6 Å². The minimum atomic E-state index is -4.94. The van der Waals surface area contributed by atoms with E-state index in [4.69, 9.17) is 0 Å². The molecular weight excluding hydrogens is 585 g/mol. The smallest absolute Gasteiger partial charge is 0.391 e. The number of aryl methyl sites for hydroxylation is 1. The summed E-state index contributed by atoms with van der Waals surface area (Å²) in [6, 6.07) is 15.2. The summed E-state index contributed by atoms with van der Waals surface area (Å²) in [5, 5.41) is 1.13. The van der Waals surface area contributed by atoms with Crippen molar-refractivity contribution in [1.82, 2.24) is 9.36 Å². The maximum atomic E-state index is 13.9. The molecule has 14 heteroatoms. The van der Waals surface area contributed by atoms with Gasteiger partial charge in [0.15, 0.2) is 0 Å². The Hall–Kier alpha value is -2.55. The zero-order valence-electron chi connectivity index (χ0n) is 20.4. The number of alkyl halides is 3. The van der Waals surface area contributed by atoms with Gasteiger partial charge < -0.3 is 9.36 Å². The number of rotatable bonds is 6. The molecule has 0 radical (unpaired) electrons. The first kappa shape index (κ1) is 29.4. The quantitative estimate of drug-likeness (QED) is 0.221. The van der Waals surface area contributed by atoms with Crippen LogP contribution in [0.15, 0.2) is 76.4 Å². The Labute approximate surface area is 250 Å². The van der Waals surface area contributed by atoms with Gasteiger partial charge in [-0.2, -0.15) is 13.2 Å². The molecule has 0 saturated heterocycles. The van der Waals surface area contributed by atoms with Crippen molar-refractivity contribution in [3.05, 3.63) is 98.9 Å². The first-order valence-electron chi connectivity index (χ1n) is 10.9. The van der Waals surface area contributed by atoms with Gasteiger partial charge in [0, 0.05) is 4.70 Å². The van der Waals surface area contributed by atoms with E-state index in [1.807, 2.05) is 12.1 Å². The van der Waals surface area contributed by atoms with Gasteiger partial charge in [0.25, 0.3) is 10.0 Å². The first-order chi connectivity index (χ1) is 17.9. The number of hydrogen-bond acceptors (Lipinski definition) is 6. The molecule has 0 amide bonds. The Balaban J connectivity index is 0.00000353. The molecule has 0 atom stereocenters. The van der Waals surface area contributed by atoms with Crippen LogP contribution >= 0.6 is 22.9 Å². The van der Waals surface area contributed by atoms with Gasteiger partial charge >= 0.3 is 35.7 Å². The van der Waals surface area contributed by atoms with Crippen LogP contribution in [-0.2, 0) is 22.7 Å². The van der Waals surface area contributed by atoms with Crippen molar-refractivity contribution >= 4 is 48.0 Å². The van der Waals surface area contributed by atoms with E-state index in [0.29, 0.717) is 39.8 Å². The van der Waals surface area contributed by atoms with Gasteiger partial charge in [-0.15, -0.1) is 22.9 Å². The van der Waals surface area contributed by atoms with Gasteiger partial charge in [-0.25, -0.2) is 12.8 Å². The van der Waals surface area contributed by atoms with Crippen molar-refractivity contribution in [3.63, 3.8) is 0 Å². The van der Waals surface area contributed by atoms with E-state index in [2.05, 4.69) is 9.36 Å². The number of nitrogens with zero attached hydrogens (tertiary/aromatic N) is 3. The Morgan fingerprint density at radius 3 is 2.33 bits per heavy atom. The summed E-state index contributed by atoms with van der Waals surface area (Å²) in [5.74, 6) is -1.28. The Morgan fingerprint density at radius 2 is 1.72 bits per heavy atom. The molecule has 0 aliphatic rings. The van der Waals surface area contributed by atoms with E-state index in [9.17, 15) is 30.8 Å². The van der Waals surface area contributed by atoms with Gasteiger partial charge in [-0.3, -0.25) is 9.10 Å². The summed E-state index contributed by atoms with van der Waals surface area (Å²) in [7, 11) is -4.31. The van der Waals surface area contributed by atoms with Crippen LogP contribution in [0.25, 0.3) is 21.5 Å². The normalized spacial score (nSPS) is 11.9. The van der Waals surface area contributed by atoms with Crippen LogP contribution in [0.5, 0.6) is 0 Å². The molecule has 0 fully saturated rings. The monoisotopic (exact) mass is 601 g/mol. The Morgan fingerprint density at radius 1 is 1.03 bits per heavy atom. The molecule has 0 spiro atoms. The standard InChI is InChI=1S/C25H17F4N3O3S3.Na/c1-14-18-4-2-3-5-21(18)36-23(14)32(13-15-6-11-20(26)19(12-15)25(27,28)29)38(34,35)17-9-7-16(8-10-17)22-30-24(33)37-31-22;/h2-12H,13H2,1H3,(H,30,31,33);/q;+1/p-1. The fourth-order valence-electron chi connectivity index (χ4n) is 3.95. The van der Waals surface area contributed by atoms with E-state index in [1.54, 1.807) is 19.1 Å². The zero-order chi connectivity index (χ0) is 27.2. The summed E-state index contributed by atoms with van der Waals surface area (Å²) in [4.78, 5) is 14.5. The number of anilines is 1. The number of thiophene rings is 1. The van der Waals surface area contributed by atoms with Crippen LogP contribution in [-0.4, -0.2) is 12.8 Å². The molecule has 39 heavy (non-hydrogen) atoms. The predicted molar refractivity (Wildman–Crippen MR) is 138 cm³/mol. The second kappa shape index (κ2) is 11.1. The van der Waals surface area contributed by atoms with Crippen LogP contribution < -0.4 is 43.7 Å². The van der Waals surface area contributed by atoms with E-state index < -0.39 is 39.0 Å². The maximum absolute atomic E-state index is 13.9. The number of fused-ring (bicyclic) bond motifs is 1. The topological polar surface area (TPSA) is 81.4 Å². The largest absolute Gasteiger partial charge is 1.00 e. The summed E-state index contributed by atoms with van der Waals surface area (Å²) >= 11 is 1.86. The summed E-state index contributed by atoms with van der Waals surface area (Å²) in [5.41, 5.74) is -0.442. The zero-order valence-corrected chi connectivity index (χ0v) is 24.8. The number of halogens is 4. The molecule has 3 aromatic carbocycles. The van der Waals surface area contributed by atoms with Crippen LogP contribution in [0.4, 0.5) is 22.6 Å². The maximum Gasteiger partial charge on any atom is 1.00 e. The van der Waals surface area contributed by atoms with Gasteiger partial charge in [0.05, 0.1) is 17.0 Å². The average Bonchev–Trinajstić information content (AvgIpc) is 3.46. The van der Waals surface area contributed by atoms with Crippen molar-refractivity contribution in [1.29, 1.82) is 0 Å². The second-order valence-corrected chi connectivity index (χ2v) is 11.9. The number of sulfonamides is 1. The molecule has 0 N–H and O–H groups in total. The summed E-state index contributed by atoms with van der Waals surface area (Å²) in [6.07, 6.45) is -4.94. The van der Waals surface area contributed by atoms with Gasteiger partial charge in [-0.1, -0.05) is 36.4 Å². The number of aromatic nitrogens is 2. The van der Waals surface area contributed by atoms with Crippen molar-refractivity contribution in [2.75, 3.05) is 4.31 Å². The van der Waals surface area contributed by atoms with Crippen LogP contribution in [0.1, 0.15) is 16.7 Å². The van der Waals surface area contributed by atoms with Crippen molar-refractivity contribution < 1.29 is 55.5 Å². The van der Waals surface area contributed by atoms with Gasteiger partial charge in [0.1, 0.15) is 10.8 Å². The fraction of sp³-hybridized carbons (Fsp3) is 0.120. The van der Waals surface area contributed by atoms with Crippen LogP contribution in [0.3, 0.4) is 0 Å². The minimum absolute atomic E-state index is 0. The van der Waals surface area contributed by atoms with E-state index in [0.717, 1.165) is 20.5 Å². The molecule has 2 heterocycles. The van der Waals surface area contributed by atoms with Crippen molar-refractivity contribution in [3.8, 4) is 11.4 Å². The molecule has 2 aromatic heterocycles. The molecule has 196 valence electrons. The third-order valence-electron chi connectivity index (χ3n) is 5.82. The molecule has 0 bridgehead atoms. The van der Waals surface area contributed by atoms with Gasteiger partial charge in [-0.05, 0) is 65.2 Å². The summed E-state index contributed by atoms with van der Waals surface area (Å²) in [6.45, 7) is 1.27. The van der Waals surface area contributed by atoms with E-state index >= 15 is 0 Å². The molecule has 5 rings (SSSR count). The third kappa shape index (κ3) is 5.83. The molecule has 6 nitrogen and oxygen atoms in total. The van der Waals surface area contributed by atoms with Crippen molar-refractivity contribution in [2.24, 2.45) is 0 Å². The second-order valence-electron chi connectivity index (χ2n) is 8.26. The minimum Gasteiger partial charge on any atom is -0.391 e.